The van der Waals surface area contributed by atoms with Crippen LogP contribution in [0.15, 0.2) is 47.6 Å². The van der Waals surface area contributed by atoms with Crippen LogP contribution < -0.4 is 10.2 Å². The molecular formula is C24H29ClN4O3S. The fourth-order valence-electron chi connectivity index (χ4n) is 4.44. The Morgan fingerprint density at radius 1 is 1.21 bits per heavy atom. The van der Waals surface area contributed by atoms with E-state index in [9.17, 15) is 13.2 Å². The van der Waals surface area contributed by atoms with Crippen molar-refractivity contribution in [2.75, 3.05) is 18.0 Å². The molecule has 0 bridgehead atoms. The van der Waals surface area contributed by atoms with Crippen molar-refractivity contribution in [3.8, 4) is 0 Å². The largest absolute Gasteiger partial charge is 0.371 e. The second kappa shape index (κ2) is 9.35. The van der Waals surface area contributed by atoms with Gasteiger partial charge >= 0.3 is 0 Å². The van der Waals surface area contributed by atoms with E-state index in [2.05, 4.69) is 21.3 Å². The maximum absolute atomic E-state index is 13.2. The molecule has 1 fully saturated rings. The quantitative estimate of drug-likeness (QED) is 0.569. The number of carbonyl (C=O) groups excluding carboxylic acids is 1. The lowest BCUT2D eigenvalue weighted by Crippen LogP contribution is -2.45. The summed E-state index contributed by atoms with van der Waals surface area (Å²) in [6, 6.07) is 11.0. The van der Waals surface area contributed by atoms with Gasteiger partial charge in [-0.2, -0.15) is 0 Å². The number of benzene rings is 1. The van der Waals surface area contributed by atoms with Crippen molar-refractivity contribution in [1.29, 1.82) is 0 Å². The molecule has 1 atom stereocenters. The van der Waals surface area contributed by atoms with Crippen LogP contribution in [0, 0.1) is 6.92 Å². The first-order chi connectivity index (χ1) is 15.6. The summed E-state index contributed by atoms with van der Waals surface area (Å²) in [5.74, 6) is -0.230. The standard InChI is InChI=1S/C24H29ClN4O3S/c1-16-12-21(6-9-26-16)29-10-7-20(8-11-29)27-23(30)13-17(2)33(31,32)24-15-18-14-19(25)4-5-22(18)28(24)3/h4-6,9,12,14-15,17,20H,7-8,10-11,13H2,1-3H3,(H,27,30). The van der Waals surface area contributed by atoms with E-state index in [0.29, 0.717) is 5.02 Å². The first-order valence-corrected chi connectivity index (χ1v) is 13.0. The van der Waals surface area contributed by atoms with Crippen LogP contribution in [0.25, 0.3) is 10.9 Å². The molecule has 1 aliphatic heterocycles. The highest BCUT2D eigenvalue weighted by Crippen LogP contribution is 2.28. The van der Waals surface area contributed by atoms with Crippen LogP contribution in [0.2, 0.25) is 5.02 Å². The van der Waals surface area contributed by atoms with Crippen molar-refractivity contribution in [3.05, 3.63) is 53.3 Å². The van der Waals surface area contributed by atoms with Crippen LogP contribution in [0.1, 0.15) is 31.9 Å². The van der Waals surface area contributed by atoms with Crippen LogP contribution in [0.3, 0.4) is 0 Å². The molecule has 1 saturated heterocycles. The summed E-state index contributed by atoms with van der Waals surface area (Å²) in [6.45, 7) is 5.23. The molecule has 176 valence electrons. The molecule has 1 amide bonds. The van der Waals surface area contributed by atoms with E-state index in [1.807, 2.05) is 19.2 Å². The Labute approximate surface area is 199 Å². The molecule has 3 aromatic rings. The molecule has 1 unspecified atom stereocenters. The summed E-state index contributed by atoms with van der Waals surface area (Å²) in [4.78, 5) is 19.2. The summed E-state index contributed by atoms with van der Waals surface area (Å²) < 4.78 is 28.1. The van der Waals surface area contributed by atoms with E-state index < -0.39 is 15.1 Å². The summed E-state index contributed by atoms with van der Waals surface area (Å²) in [7, 11) is -1.97. The number of piperidine rings is 1. The molecule has 33 heavy (non-hydrogen) atoms. The van der Waals surface area contributed by atoms with Crippen molar-refractivity contribution >= 4 is 43.9 Å². The van der Waals surface area contributed by atoms with Gasteiger partial charge in [-0.05, 0) is 63.1 Å². The summed E-state index contributed by atoms with van der Waals surface area (Å²) in [5, 5.41) is 3.71. The molecule has 0 spiro atoms. The lowest BCUT2D eigenvalue weighted by atomic mass is 10.0. The number of nitrogens with zero attached hydrogens (tertiary/aromatic N) is 3. The second-order valence-electron chi connectivity index (χ2n) is 8.79. The van der Waals surface area contributed by atoms with Gasteiger partial charge in [0.2, 0.25) is 5.91 Å². The van der Waals surface area contributed by atoms with Crippen LogP contribution in [-0.4, -0.2) is 48.3 Å². The van der Waals surface area contributed by atoms with E-state index in [0.717, 1.165) is 48.2 Å². The fourth-order valence-corrected chi connectivity index (χ4v) is 6.18. The highest BCUT2D eigenvalue weighted by Gasteiger charge is 2.30. The molecule has 1 aromatic carbocycles. The predicted octanol–water partition coefficient (Wildman–Crippen LogP) is 3.87. The highest BCUT2D eigenvalue weighted by molar-refractivity contribution is 7.92. The van der Waals surface area contributed by atoms with Crippen molar-refractivity contribution in [3.63, 3.8) is 0 Å². The summed E-state index contributed by atoms with van der Waals surface area (Å²) in [6.07, 6.45) is 3.37. The smallest absolute Gasteiger partial charge is 0.221 e. The predicted molar refractivity (Wildman–Crippen MR) is 132 cm³/mol. The van der Waals surface area contributed by atoms with E-state index in [-0.39, 0.29) is 23.4 Å². The SMILES string of the molecule is Cc1cc(N2CCC(NC(=O)CC(C)S(=O)(=O)c3cc4cc(Cl)ccc4n3C)CC2)ccn1. The minimum Gasteiger partial charge on any atom is -0.371 e. The number of pyridine rings is 1. The Bertz CT molecular complexity index is 1280. The number of sulfone groups is 1. The first kappa shape index (κ1) is 23.6. The monoisotopic (exact) mass is 488 g/mol. The van der Waals surface area contributed by atoms with Crippen LogP contribution in [-0.2, 0) is 21.7 Å². The van der Waals surface area contributed by atoms with E-state index in [1.165, 1.54) is 0 Å². The average molecular weight is 489 g/mol. The maximum Gasteiger partial charge on any atom is 0.221 e. The molecule has 2 aromatic heterocycles. The van der Waals surface area contributed by atoms with E-state index >= 15 is 0 Å². The lowest BCUT2D eigenvalue weighted by Gasteiger charge is -2.34. The van der Waals surface area contributed by atoms with Gasteiger partial charge in [0, 0.05) is 66.1 Å². The van der Waals surface area contributed by atoms with Crippen molar-refractivity contribution in [2.24, 2.45) is 7.05 Å². The molecule has 0 aliphatic carbocycles. The molecule has 9 heteroatoms. The number of rotatable bonds is 6. The minimum atomic E-state index is -3.68. The zero-order valence-electron chi connectivity index (χ0n) is 19.1. The maximum atomic E-state index is 13.2. The van der Waals surface area contributed by atoms with Gasteiger partial charge in [-0.25, -0.2) is 8.42 Å². The normalized spacial score (nSPS) is 16.2. The van der Waals surface area contributed by atoms with Crippen molar-refractivity contribution in [2.45, 2.75) is 49.4 Å². The number of anilines is 1. The van der Waals surface area contributed by atoms with Gasteiger partial charge in [0.05, 0.1) is 5.25 Å². The number of aromatic nitrogens is 2. The van der Waals surface area contributed by atoms with E-state index in [1.54, 1.807) is 42.8 Å². The second-order valence-corrected chi connectivity index (χ2v) is 11.5. The van der Waals surface area contributed by atoms with Crippen molar-refractivity contribution < 1.29 is 13.2 Å². The number of fused-ring (bicyclic) bond motifs is 1. The average Bonchev–Trinajstić information content (AvgIpc) is 3.10. The van der Waals surface area contributed by atoms with Gasteiger partial charge in [-0.3, -0.25) is 9.78 Å². The third-order valence-corrected chi connectivity index (χ3v) is 8.80. The number of aryl methyl sites for hydroxylation is 2. The minimum absolute atomic E-state index is 0.0476. The number of halogens is 1. The van der Waals surface area contributed by atoms with Gasteiger partial charge in [0.25, 0.3) is 0 Å². The Balaban J connectivity index is 1.36. The van der Waals surface area contributed by atoms with Crippen molar-refractivity contribution in [1.82, 2.24) is 14.9 Å². The molecule has 1 aliphatic rings. The zero-order valence-corrected chi connectivity index (χ0v) is 20.7. The van der Waals surface area contributed by atoms with Gasteiger partial charge in [-0.1, -0.05) is 11.6 Å². The number of nitrogens with one attached hydrogen (secondary N) is 1. The van der Waals surface area contributed by atoms with Gasteiger partial charge in [0.1, 0.15) is 5.03 Å². The summed E-state index contributed by atoms with van der Waals surface area (Å²) in [5.41, 5.74) is 2.90. The van der Waals surface area contributed by atoms with Gasteiger partial charge in [0.15, 0.2) is 9.84 Å². The Hall–Kier alpha value is -2.58. The first-order valence-electron chi connectivity index (χ1n) is 11.1. The van der Waals surface area contributed by atoms with Crippen LogP contribution in [0.4, 0.5) is 5.69 Å². The molecule has 0 radical (unpaired) electrons. The Kier molecular flexibility index (Phi) is 6.68. The molecule has 1 N–H and O–H groups in total. The Morgan fingerprint density at radius 3 is 2.64 bits per heavy atom. The third-order valence-electron chi connectivity index (χ3n) is 6.36. The molecule has 0 saturated carbocycles. The summed E-state index contributed by atoms with van der Waals surface area (Å²) >= 11 is 6.05. The molecule has 3 heterocycles. The topological polar surface area (TPSA) is 84.3 Å². The highest BCUT2D eigenvalue weighted by atomic mass is 35.5. The van der Waals surface area contributed by atoms with E-state index in [4.69, 9.17) is 11.6 Å². The van der Waals surface area contributed by atoms with Crippen LogP contribution in [0.5, 0.6) is 0 Å². The fraction of sp³-hybridized carbons (Fsp3) is 0.417. The zero-order chi connectivity index (χ0) is 23.8. The number of carbonyl (C=O) groups is 1. The lowest BCUT2D eigenvalue weighted by molar-refractivity contribution is -0.121. The Morgan fingerprint density at radius 2 is 1.94 bits per heavy atom. The molecule has 7 nitrogen and oxygen atoms in total. The van der Waals surface area contributed by atoms with Gasteiger partial charge in [-0.15, -0.1) is 0 Å². The molecular weight excluding hydrogens is 460 g/mol. The number of amides is 1. The number of hydrogen-bond donors (Lipinski definition) is 1. The number of hydrogen-bond acceptors (Lipinski definition) is 5. The third kappa shape index (κ3) is 5.01. The van der Waals surface area contributed by atoms with Crippen LogP contribution >= 0.6 is 11.6 Å². The van der Waals surface area contributed by atoms with Gasteiger partial charge < -0.3 is 14.8 Å². The molecule has 4 rings (SSSR count).